The van der Waals surface area contributed by atoms with E-state index in [9.17, 15) is 4.79 Å². The molecule has 1 fully saturated rings. The number of benzene rings is 1. The van der Waals surface area contributed by atoms with Crippen LogP contribution in [0.4, 0.5) is 0 Å². The van der Waals surface area contributed by atoms with Crippen LogP contribution in [0.5, 0.6) is 11.5 Å². The number of nitrogens with two attached hydrogens (primary N) is 1. The van der Waals surface area contributed by atoms with Crippen molar-refractivity contribution in [2.45, 2.75) is 31.7 Å². The molecule has 1 aromatic carbocycles. The third-order valence-corrected chi connectivity index (χ3v) is 3.76. The summed E-state index contributed by atoms with van der Waals surface area (Å²) in [6, 6.07) is 5.44. The molecule has 0 unspecified atom stereocenters. The van der Waals surface area contributed by atoms with Crippen LogP contribution in [-0.2, 0) is 4.79 Å². The fraction of sp³-hybridized carbons (Fsp3) is 0.467. The first-order valence-corrected chi connectivity index (χ1v) is 7.41. The Hall–Kier alpha value is -1.82. The van der Waals surface area contributed by atoms with Gasteiger partial charge in [0, 0.05) is 11.6 Å². The van der Waals surface area contributed by atoms with Gasteiger partial charge in [0.1, 0.15) is 4.99 Å². The number of rotatable bonds is 6. The molecule has 0 saturated heterocycles. The van der Waals surface area contributed by atoms with Crippen LogP contribution in [0.2, 0.25) is 0 Å². The Balaban J connectivity index is 1.92. The highest BCUT2D eigenvalue weighted by atomic mass is 32.1. The van der Waals surface area contributed by atoms with Gasteiger partial charge in [0.15, 0.2) is 18.1 Å². The number of thiocarbonyl (C=S) groups is 1. The Labute approximate surface area is 129 Å². The highest BCUT2D eigenvalue weighted by molar-refractivity contribution is 7.80. The molecule has 1 aliphatic carbocycles. The molecule has 2 rings (SSSR count). The van der Waals surface area contributed by atoms with E-state index in [2.05, 4.69) is 5.32 Å². The zero-order valence-electron chi connectivity index (χ0n) is 12.1. The fourth-order valence-corrected chi connectivity index (χ4v) is 2.55. The maximum absolute atomic E-state index is 11.8. The summed E-state index contributed by atoms with van der Waals surface area (Å²) < 4.78 is 10.7. The molecule has 1 amide bonds. The van der Waals surface area contributed by atoms with Gasteiger partial charge in [-0.15, -0.1) is 0 Å². The predicted octanol–water partition coefficient (Wildman–Crippen LogP) is 1.77. The van der Waals surface area contributed by atoms with Crippen LogP contribution >= 0.6 is 12.2 Å². The average molecular weight is 308 g/mol. The largest absolute Gasteiger partial charge is 0.493 e. The summed E-state index contributed by atoms with van der Waals surface area (Å²) >= 11 is 4.92. The molecule has 5 nitrogen and oxygen atoms in total. The van der Waals surface area contributed by atoms with Crippen LogP contribution in [0.15, 0.2) is 18.2 Å². The van der Waals surface area contributed by atoms with Gasteiger partial charge in [0.25, 0.3) is 5.91 Å². The Kier molecular flexibility index (Phi) is 5.38. The molecule has 114 valence electrons. The van der Waals surface area contributed by atoms with E-state index in [1.807, 2.05) is 0 Å². The standard InChI is InChI=1S/C15H20N2O3S/c1-19-13-8-10(15(16)21)6-7-12(13)20-9-14(18)17-11-4-2-3-5-11/h6-8,11H,2-5,9H2,1H3,(H2,16,21)(H,17,18). The van der Waals surface area contributed by atoms with Crippen LogP contribution in [-0.4, -0.2) is 30.7 Å². The molecule has 21 heavy (non-hydrogen) atoms. The number of carbonyl (C=O) groups excluding carboxylic acids is 1. The van der Waals surface area contributed by atoms with Gasteiger partial charge in [-0.3, -0.25) is 4.79 Å². The Morgan fingerprint density at radius 2 is 2.10 bits per heavy atom. The Bertz CT molecular complexity index is 528. The second-order valence-electron chi connectivity index (χ2n) is 5.07. The van der Waals surface area contributed by atoms with Gasteiger partial charge in [-0.05, 0) is 31.0 Å². The second kappa shape index (κ2) is 7.26. The van der Waals surface area contributed by atoms with Crippen LogP contribution in [0.3, 0.4) is 0 Å². The van der Waals surface area contributed by atoms with Gasteiger partial charge in [0.2, 0.25) is 0 Å². The number of hydrogen-bond acceptors (Lipinski definition) is 4. The molecule has 0 aromatic heterocycles. The smallest absolute Gasteiger partial charge is 0.258 e. The number of nitrogens with one attached hydrogen (secondary N) is 1. The van der Waals surface area contributed by atoms with Gasteiger partial charge < -0.3 is 20.5 Å². The highest BCUT2D eigenvalue weighted by Gasteiger charge is 2.17. The van der Waals surface area contributed by atoms with Gasteiger partial charge in [-0.25, -0.2) is 0 Å². The maximum atomic E-state index is 11.8. The highest BCUT2D eigenvalue weighted by Crippen LogP contribution is 2.28. The Morgan fingerprint density at radius 3 is 2.71 bits per heavy atom. The van der Waals surface area contributed by atoms with Gasteiger partial charge >= 0.3 is 0 Å². The van der Waals surface area contributed by atoms with Gasteiger partial charge in [0.05, 0.1) is 7.11 Å². The first kappa shape index (κ1) is 15.6. The lowest BCUT2D eigenvalue weighted by molar-refractivity contribution is -0.123. The lowest BCUT2D eigenvalue weighted by Gasteiger charge is -2.14. The van der Waals surface area contributed by atoms with Crippen molar-refractivity contribution in [1.82, 2.24) is 5.32 Å². The molecule has 0 atom stereocenters. The van der Waals surface area contributed by atoms with Crippen molar-refractivity contribution in [2.24, 2.45) is 5.73 Å². The first-order chi connectivity index (χ1) is 10.1. The summed E-state index contributed by atoms with van der Waals surface area (Å²) in [5, 5.41) is 2.97. The molecule has 6 heteroatoms. The maximum Gasteiger partial charge on any atom is 0.258 e. The summed E-state index contributed by atoms with van der Waals surface area (Å²) in [6.45, 7) is -0.0285. The molecule has 1 aliphatic rings. The van der Waals surface area contributed by atoms with E-state index < -0.39 is 0 Å². The summed E-state index contributed by atoms with van der Waals surface area (Å²) in [6.07, 6.45) is 4.47. The zero-order valence-corrected chi connectivity index (χ0v) is 12.9. The predicted molar refractivity (Wildman–Crippen MR) is 84.8 cm³/mol. The van der Waals surface area contributed by atoms with Crippen LogP contribution in [0.1, 0.15) is 31.2 Å². The molecular weight excluding hydrogens is 288 g/mol. The monoisotopic (exact) mass is 308 g/mol. The minimum absolute atomic E-state index is 0.0285. The molecule has 0 spiro atoms. The van der Waals surface area contributed by atoms with Crippen molar-refractivity contribution in [3.63, 3.8) is 0 Å². The summed E-state index contributed by atoms with van der Waals surface area (Å²) in [4.78, 5) is 12.1. The number of carbonyl (C=O) groups is 1. The topological polar surface area (TPSA) is 73.6 Å². The van der Waals surface area contributed by atoms with Crippen LogP contribution < -0.4 is 20.5 Å². The van der Waals surface area contributed by atoms with E-state index >= 15 is 0 Å². The van der Waals surface area contributed by atoms with E-state index in [1.165, 1.54) is 20.0 Å². The minimum atomic E-state index is -0.109. The molecule has 1 aromatic rings. The van der Waals surface area contributed by atoms with E-state index in [0.29, 0.717) is 28.1 Å². The Morgan fingerprint density at radius 1 is 1.38 bits per heavy atom. The fourth-order valence-electron chi connectivity index (χ4n) is 2.42. The molecule has 0 radical (unpaired) electrons. The van der Waals surface area contributed by atoms with E-state index in [4.69, 9.17) is 27.4 Å². The average Bonchev–Trinajstić information content (AvgIpc) is 2.97. The molecule has 0 heterocycles. The molecule has 0 bridgehead atoms. The van der Waals surface area contributed by atoms with Crippen LogP contribution in [0.25, 0.3) is 0 Å². The van der Waals surface area contributed by atoms with Crippen molar-refractivity contribution in [1.29, 1.82) is 0 Å². The number of methoxy groups -OCH3 is 1. The summed E-state index contributed by atoms with van der Waals surface area (Å²) in [5.74, 6) is 0.899. The number of amides is 1. The van der Waals surface area contributed by atoms with Crippen molar-refractivity contribution in [2.75, 3.05) is 13.7 Å². The van der Waals surface area contributed by atoms with Crippen molar-refractivity contribution < 1.29 is 14.3 Å². The SMILES string of the molecule is COc1cc(C(N)=S)ccc1OCC(=O)NC1CCCC1. The van der Waals surface area contributed by atoms with Crippen molar-refractivity contribution in [3.8, 4) is 11.5 Å². The third kappa shape index (κ3) is 4.32. The van der Waals surface area contributed by atoms with Crippen molar-refractivity contribution >= 4 is 23.1 Å². The molecule has 3 N–H and O–H groups in total. The molecular formula is C15H20N2O3S. The van der Waals surface area contributed by atoms with E-state index in [0.717, 1.165) is 12.8 Å². The first-order valence-electron chi connectivity index (χ1n) is 7.00. The minimum Gasteiger partial charge on any atom is -0.493 e. The third-order valence-electron chi connectivity index (χ3n) is 3.53. The zero-order chi connectivity index (χ0) is 15.2. The number of hydrogen-bond donors (Lipinski definition) is 2. The normalized spacial score (nSPS) is 14.7. The quantitative estimate of drug-likeness (QED) is 0.784. The molecule has 1 saturated carbocycles. The molecule has 0 aliphatic heterocycles. The number of ether oxygens (including phenoxy) is 2. The van der Waals surface area contributed by atoms with E-state index in [1.54, 1.807) is 18.2 Å². The summed E-state index contributed by atoms with van der Waals surface area (Å²) in [5.41, 5.74) is 6.27. The van der Waals surface area contributed by atoms with Crippen molar-refractivity contribution in [3.05, 3.63) is 23.8 Å². The van der Waals surface area contributed by atoms with Crippen LogP contribution in [0, 0.1) is 0 Å². The van der Waals surface area contributed by atoms with Gasteiger partial charge in [-0.1, -0.05) is 25.1 Å². The lowest BCUT2D eigenvalue weighted by atomic mass is 10.2. The second-order valence-corrected chi connectivity index (χ2v) is 5.51. The lowest BCUT2D eigenvalue weighted by Crippen LogP contribution is -2.36. The summed E-state index contributed by atoms with van der Waals surface area (Å²) in [7, 11) is 1.53. The van der Waals surface area contributed by atoms with Gasteiger partial charge in [-0.2, -0.15) is 0 Å². The van der Waals surface area contributed by atoms with E-state index in [-0.39, 0.29) is 12.5 Å².